The van der Waals surface area contributed by atoms with Gasteiger partial charge < -0.3 is 19.8 Å². The fraction of sp³-hybridized carbons (Fsp3) is 0.800. The van der Waals surface area contributed by atoms with Gasteiger partial charge in [-0.1, -0.05) is 0 Å². The van der Waals surface area contributed by atoms with Gasteiger partial charge in [0.25, 0.3) is 0 Å². The topological polar surface area (TPSA) is 87.1 Å². The molecule has 0 aliphatic carbocycles. The van der Waals surface area contributed by atoms with Gasteiger partial charge in [-0.15, -0.1) is 11.8 Å². The molecule has 2 unspecified atom stereocenters. The van der Waals surface area contributed by atoms with E-state index in [-0.39, 0.29) is 24.6 Å². The average molecular weight is 263 g/mol. The summed E-state index contributed by atoms with van der Waals surface area (Å²) in [5, 5.41) is 18.3. The number of methoxy groups -OCH3 is 1. The highest BCUT2D eigenvalue weighted by Gasteiger charge is 2.38. The molecule has 0 aromatic carbocycles. The van der Waals surface area contributed by atoms with E-state index in [1.165, 1.54) is 16.7 Å². The Morgan fingerprint density at radius 2 is 2.24 bits per heavy atom. The SMILES string of the molecule is COCCSCC(=O)N1CC(O)CC1C(=O)O. The summed E-state index contributed by atoms with van der Waals surface area (Å²) in [4.78, 5) is 23.9. The van der Waals surface area contributed by atoms with Gasteiger partial charge in [-0.2, -0.15) is 0 Å². The number of carboxylic acids is 1. The number of aliphatic hydroxyl groups is 1. The van der Waals surface area contributed by atoms with Gasteiger partial charge in [0.05, 0.1) is 18.5 Å². The Hall–Kier alpha value is -0.790. The second kappa shape index (κ2) is 6.83. The summed E-state index contributed by atoms with van der Waals surface area (Å²) < 4.78 is 4.85. The van der Waals surface area contributed by atoms with Crippen LogP contribution in [0, 0.1) is 0 Å². The summed E-state index contributed by atoms with van der Waals surface area (Å²) in [7, 11) is 1.58. The molecule has 1 aliphatic heterocycles. The number of aliphatic hydroxyl groups excluding tert-OH is 1. The molecular weight excluding hydrogens is 246 g/mol. The molecule has 1 amide bonds. The van der Waals surface area contributed by atoms with E-state index in [0.29, 0.717) is 12.4 Å². The van der Waals surface area contributed by atoms with Gasteiger partial charge in [-0.05, 0) is 0 Å². The number of likely N-dealkylation sites (tertiary alicyclic amines) is 1. The normalized spacial score (nSPS) is 24.0. The molecule has 1 heterocycles. The van der Waals surface area contributed by atoms with Crippen LogP contribution in [0.5, 0.6) is 0 Å². The Bertz CT molecular complexity index is 286. The van der Waals surface area contributed by atoms with Crippen LogP contribution in [0.2, 0.25) is 0 Å². The van der Waals surface area contributed by atoms with Crippen LogP contribution in [0.1, 0.15) is 6.42 Å². The van der Waals surface area contributed by atoms with Gasteiger partial charge in [0.2, 0.25) is 5.91 Å². The number of thioether (sulfide) groups is 1. The zero-order chi connectivity index (χ0) is 12.8. The van der Waals surface area contributed by atoms with Gasteiger partial charge in [-0.3, -0.25) is 4.79 Å². The number of hydrogen-bond acceptors (Lipinski definition) is 5. The molecule has 0 spiro atoms. The molecule has 0 aromatic rings. The highest BCUT2D eigenvalue weighted by Crippen LogP contribution is 2.19. The van der Waals surface area contributed by atoms with Crippen molar-refractivity contribution in [1.29, 1.82) is 0 Å². The Morgan fingerprint density at radius 1 is 1.53 bits per heavy atom. The van der Waals surface area contributed by atoms with Crippen LogP contribution < -0.4 is 0 Å². The van der Waals surface area contributed by atoms with Crippen molar-refractivity contribution in [2.45, 2.75) is 18.6 Å². The van der Waals surface area contributed by atoms with E-state index in [9.17, 15) is 14.7 Å². The molecule has 0 saturated carbocycles. The smallest absolute Gasteiger partial charge is 0.326 e. The van der Waals surface area contributed by atoms with Crippen LogP contribution in [0.3, 0.4) is 0 Å². The minimum atomic E-state index is -1.06. The molecule has 6 nitrogen and oxygen atoms in total. The van der Waals surface area contributed by atoms with Crippen LogP contribution in [0.4, 0.5) is 0 Å². The van der Waals surface area contributed by atoms with Crippen molar-refractivity contribution in [1.82, 2.24) is 4.90 Å². The summed E-state index contributed by atoms with van der Waals surface area (Å²) in [5.74, 6) is -0.386. The zero-order valence-electron chi connectivity index (χ0n) is 9.66. The first-order valence-electron chi connectivity index (χ1n) is 5.33. The third kappa shape index (κ3) is 4.18. The fourth-order valence-corrected chi connectivity index (χ4v) is 2.48. The third-order valence-electron chi connectivity index (χ3n) is 2.54. The van der Waals surface area contributed by atoms with Crippen molar-refractivity contribution in [3.05, 3.63) is 0 Å². The number of carbonyl (C=O) groups excluding carboxylic acids is 1. The number of hydrogen-bond donors (Lipinski definition) is 2. The number of β-amino-alcohol motifs (C(OH)–C–C–N with tert-alkyl or cyclic N) is 1. The molecule has 7 heteroatoms. The van der Waals surface area contributed by atoms with Crippen molar-refractivity contribution in [2.75, 3.05) is 31.8 Å². The Morgan fingerprint density at radius 3 is 2.82 bits per heavy atom. The minimum absolute atomic E-state index is 0.112. The first-order chi connectivity index (χ1) is 8.06. The first kappa shape index (κ1) is 14.3. The summed E-state index contributed by atoms with van der Waals surface area (Å²) in [6.07, 6.45) is -0.617. The van der Waals surface area contributed by atoms with Crippen molar-refractivity contribution in [3.8, 4) is 0 Å². The monoisotopic (exact) mass is 263 g/mol. The van der Waals surface area contributed by atoms with Gasteiger partial charge in [-0.25, -0.2) is 4.79 Å². The van der Waals surface area contributed by atoms with E-state index >= 15 is 0 Å². The molecule has 1 aliphatic rings. The molecule has 2 atom stereocenters. The number of nitrogens with zero attached hydrogens (tertiary/aromatic N) is 1. The van der Waals surface area contributed by atoms with Crippen LogP contribution in [0.15, 0.2) is 0 Å². The maximum atomic E-state index is 11.8. The van der Waals surface area contributed by atoms with Crippen molar-refractivity contribution < 1.29 is 24.5 Å². The minimum Gasteiger partial charge on any atom is -0.480 e. The van der Waals surface area contributed by atoms with Crippen LogP contribution in [0.25, 0.3) is 0 Å². The third-order valence-corrected chi connectivity index (χ3v) is 3.45. The molecule has 1 fully saturated rings. The van der Waals surface area contributed by atoms with E-state index in [1.54, 1.807) is 7.11 Å². The molecule has 17 heavy (non-hydrogen) atoms. The van der Waals surface area contributed by atoms with Gasteiger partial charge in [0.15, 0.2) is 0 Å². The van der Waals surface area contributed by atoms with Crippen molar-refractivity contribution in [2.24, 2.45) is 0 Å². The maximum Gasteiger partial charge on any atom is 0.326 e. The summed E-state index contributed by atoms with van der Waals surface area (Å²) >= 11 is 1.40. The summed E-state index contributed by atoms with van der Waals surface area (Å²) in [6.45, 7) is 0.670. The average Bonchev–Trinajstić information content (AvgIpc) is 2.66. The van der Waals surface area contributed by atoms with Gasteiger partial charge in [0.1, 0.15) is 6.04 Å². The van der Waals surface area contributed by atoms with E-state index in [2.05, 4.69) is 0 Å². The Balaban J connectivity index is 2.41. The molecule has 0 radical (unpaired) electrons. The van der Waals surface area contributed by atoms with E-state index in [1.807, 2.05) is 0 Å². The van der Waals surface area contributed by atoms with Crippen LogP contribution in [-0.2, 0) is 14.3 Å². The Labute approximate surface area is 104 Å². The zero-order valence-corrected chi connectivity index (χ0v) is 10.5. The Kier molecular flexibility index (Phi) is 5.73. The summed E-state index contributed by atoms with van der Waals surface area (Å²) in [5.41, 5.74) is 0. The van der Waals surface area contributed by atoms with Crippen molar-refractivity contribution in [3.63, 3.8) is 0 Å². The van der Waals surface area contributed by atoms with E-state index in [0.717, 1.165) is 0 Å². The fourth-order valence-electron chi connectivity index (χ4n) is 1.71. The van der Waals surface area contributed by atoms with E-state index < -0.39 is 18.1 Å². The number of carbonyl (C=O) groups is 2. The predicted octanol–water partition coefficient (Wildman–Crippen LogP) is -0.588. The quantitative estimate of drug-likeness (QED) is 0.623. The largest absolute Gasteiger partial charge is 0.480 e. The first-order valence-corrected chi connectivity index (χ1v) is 6.48. The lowest BCUT2D eigenvalue weighted by Gasteiger charge is -2.20. The highest BCUT2D eigenvalue weighted by molar-refractivity contribution is 7.99. The molecule has 2 N–H and O–H groups in total. The molecule has 0 bridgehead atoms. The number of aliphatic carboxylic acids is 1. The summed E-state index contributed by atoms with van der Waals surface area (Å²) in [6, 6.07) is -0.888. The highest BCUT2D eigenvalue weighted by atomic mass is 32.2. The second-order valence-corrected chi connectivity index (χ2v) is 4.94. The maximum absolute atomic E-state index is 11.8. The lowest BCUT2D eigenvalue weighted by atomic mass is 10.2. The number of rotatable bonds is 6. The molecule has 98 valence electrons. The van der Waals surface area contributed by atoms with Gasteiger partial charge in [0, 0.05) is 25.8 Å². The molecule has 0 aromatic heterocycles. The molecular formula is C10H17NO5S. The molecule has 1 rings (SSSR count). The molecule has 1 saturated heterocycles. The standard InChI is InChI=1S/C10H17NO5S/c1-16-2-3-17-6-9(13)11-5-7(12)4-8(11)10(14)15/h7-8,12H,2-6H2,1H3,(H,14,15). The number of amides is 1. The lowest BCUT2D eigenvalue weighted by molar-refractivity contribution is -0.147. The van der Waals surface area contributed by atoms with Crippen LogP contribution in [-0.4, -0.2) is 70.9 Å². The van der Waals surface area contributed by atoms with E-state index in [4.69, 9.17) is 9.84 Å². The number of carboxylic acid groups (broad SMARTS) is 1. The van der Waals surface area contributed by atoms with Crippen LogP contribution >= 0.6 is 11.8 Å². The number of ether oxygens (including phenoxy) is 1. The van der Waals surface area contributed by atoms with Gasteiger partial charge >= 0.3 is 5.97 Å². The predicted molar refractivity (Wildman–Crippen MR) is 63.0 cm³/mol. The van der Waals surface area contributed by atoms with Crippen molar-refractivity contribution >= 4 is 23.6 Å². The lowest BCUT2D eigenvalue weighted by Crippen LogP contribution is -2.41. The second-order valence-electron chi connectivity index (χ2n) is 3.84.